The maximum atomic E-state index is 11.8. The molecule has 1 amide bonds. The van der Waals surface area contributed by atoms with Gasteiger partial charge in [-0.25, -0.2) is 4.98 Å². The molecule has 19 heavy (non-hydrogen) atoms. The molecule has 0 unspecified atom stereocenters. The first-order valence-electron chi connectivity index (χ1n) is 6.87. The third-order valence-electron chi connectivity index (χ3n) is 3.34. The molecule has 104 valence electrons. The molecule has 1 aliphatic carbocycles. The number of amides is 1. The van der Waals surface area contributed by atoms with Gasteiger partial charge in [0.25, 0.3) is 5.91 Å². The second-order valence-corrected chi connectivity index (χ2v) is 4.86. The summed E-state index contributed by atoms with van der Waals surface area (Å²) in [6.07, 6.45) is 7.99. The van der Waals surface area contributed by atoms with Crippen LogP contribution in [0.4, 0.5) is 5.82 Å². The van der Waals surface area contributed by atoms with Gasteiger partial charge >= 0.3 is 0 Å². The fourth-order valence-corrected chi connectivity index (χ4v) is 2.26. The van der Waals surface area contributed by atoms with Crippen LogP contribution in [-0.4, -0.2) is 30.1 Å². The van der Waals surface area contributed by atoms with Gasteiger partial charge in [-0.15, -0.1) is 0 Å². The molecular weight excluding hydrogens is 242 g/mol. The zero-order valence-corrected chi connectivity index (χ0v) is 11.1. The summed E-state index contributed by atoms with van der Waals surface area (Å²) < 4.78 is 5.74. The van der Waals surface area contributed by atoms with Crippen LogP contribution in [0.5, 0.6) is 0 Å². The molecule has 0 radical (unpaired) electrons. The average molecular weight is 263 g/mol. The molecule has 1 saturated carbocycles. The van der Waals surface area contributed by atoms with Gasteiger partial charge in [0.1, 0.15) is 5.82 Å². The maximum Gasteiger partial charge on any atom is 0.252 e. The Balaban J connectivity index is 1.64. The van der Waals surface area contributed by atoms with Crippen LogP contribution in [0.25, 0.3) is 0 Å². The molecule has 5 nitrogen and oxygen atoms in total. The van der Waals surface area contributed by atoms with Gasteiger partial charge in [0.15, 0.2) is 0 Å². The molecule has 0 saturated heterocycles. The average Bonchev–Trinajstić information content (AvgIpc) is 2.45. The highest BCUT2D eigenvalue weighted by Crippen LogP contribution is 2.19. The summed E-state index contributed by atoms with van der Waals surface area (Å²) in [7, 11) is 0. The SMILES string of the molecule is Nc1ccc(C(=O)NCCOC2CCCCC2)cn1. The van der Waals surface area contributed by atoms with E-state index in [9.17, 15) is 4.79 Å². The number of nitrogens with one attached hydrogen (secondary N) is 1. The minimum absolute atomic E-state index is 0.139. The number of nitrogens with zero attached hydrogens (tertiary/aromatic N) is 1. The maximum absolute atomic E-state index is 11.8. The fourth-order valence-electron chi connectivity index (χ4n) is 2.26. The van der Waals surface area contributed by atoms with Gasteiger partial charge in [0, 0.05) is 12.7 Å². The lowest BCUT2D eigenvalue weighted by atomic mass is 9.98. The van der Waals surface area contributed by atoms with Crippen molar-refractivity contribution in [3.8, 4) is 0 Å². The first-order valence-corrected chi connectivity index (χ1v) is 6.87. The van der Waals surface area contributed by atoms with Crippen LogP contribution >= 0.6 is 0 Å². The first kappa shape index (κ1) is 13.8. The predicted molar refractivity (Wildman–Crippen MR) is 73.8 cm³/mol. The minimum atomic E-state index is -0.139. The van der Waals surface area contributed by atoms with Gasteiger partial charge in [-0.2, -0.15) is 0 Å². The lowest BCUT2D eigenvalue weighted by Gasteiger charge is -2.21. The van der Waals surface area contributed by atoms with E-state index in [1.54, 1.807) is 12.1 Å². The summed E-state index contributed by atoms with van der Waals surface area (Å²) in [6, 6.07) is 3.28. The topological polar surface area (TPSA) is 77.2 Å². The number of ether oxygens (including phenoxy) is 1. The zero-order chi connectivity index (χ0) is 13.5. The van der Waals surface area contributed by atoms with Crippen molar-refractivity contribution in [3.63, 3.8) is 0 Å². The molecule has 0 bridgehead atoms. The van der Waals surface area contributed by atoms with Gasteiger partial charge in [0.05, 0.1) is 18.3 Å². The van der Waals surface area contributed by atoms with Crippen LogP contribution in [0.15, 0.2) is 18.3 Å². The molecule has 0 aromatic carbocycles. The first-order chi connectivity index (χ1) is 9.25. The molecule has 2 rings (SSSR count). The third-order valence-corrected chi connectivity index (χ3v) is 3.34. The van der Waals surface area contributed by atoms with Crippen molar-refractivity contribution < 1.29 is 9.53 Å². The Hall–Kier alpha value is -1.62. The summed E-state index contributed by atoms with van der Waals surface area (Å²) in [5, 5.41) is 2.81. The highest BCUT2D eigenvalue weighted by atomic mass is 16.5. The van der Waals surface area contributed by atoms with Gasteiger partial charge in [-0.1, -0.05) is 19.3 Å². The van der Waals surface area contributed by atoms with E-state index in [2.05, 4.69) is 10.3 Å². The number of pyridine rings is 1. The van der Waals surface area contributed by atoms with E-state index in [-0.39, 0.29) is 5.91 Å². The van der Waals surface area contributed by atoms with Gasteiger partial charge < -0.3 is 15.8 Å². The van der Waals surface area contributed by atoms with E-state index < -0.39 is 0 Å². The van der Waals surface area contributed by atoms with E-state index in [1.807, 2.05) is 0 Å². The highest BCUT2D eigenvalue weighted by Gasteiger charge is 2.13. The zero-order valence-electron chi connectivity index (χ0n) is 11.1. The Labute approximate surface area is 113 Å². The molecule has 1 aliphatic rings. The van der Waals surface area contributed by atoms with E-state index in [1.165, 1.54) is 25.5 Å². The second-order valence-electron chi connectivity index (χ2n) is 4.86. The molecule has 1 heterocycles. The van der Waals surface area contributed by atoms with Crippen LogP contribution in [0.1, 0.15) is 42.5 Å². The Kier molecular flexibility index (Phi) is 5.15. The van der Waals surface area contributed by atoms with Crippen molar-refractivity contribution >= 4 is 11.7 Å². The van der Waals surface area contributed by atoms with Crippen LogP contribution in [-0.2, 0) is 4.74 Å². The highest BCUT2D eigenvalue weighted by molar-refractivity contribution is 5.93. The van der Waals surface area contributed by atoms with E-state index >= 15 is 0 Å². The largest absolute Gasteiger partial charge is 0.384 e. The Bertz CT molecular complexity index is 400. The summed E-state index contributed by atoms with van der Waals surface area (Å²) >= 11 is 0. The normalized spacial score (nSPS) is 16.2. The summed E-state index contributed by atoms with van der Waals surface area (Å²) in [5.74, 6) is 0.275. The molecule has 1 aromatic rings. The number of aromatic nitrogens is 1. The molecule has 1 fully saturated rings. The van der Waals surface area contributed by atoms with E-state index in [0.717, 1.165) is 12.8 Å². The van der Waals surface area contributed by atoms with Crippen molar-refractivity contribution in [1.82, 2.24) is 10.3 Å². The number of anilines is 1. The van der Waals surface area contributed by atoms with Crippen molar-refractivity contribution in [2.45, 2.75) is 38.2 Å². The van der Waals surface area contributed by atoms with Crippen LogP contribution in [0.3, 0.4) is 0 Å². The molecule has 3 N–H and O–H groups in total. The molecule has 0 atom stereocenters. The molecule has 0 spiro atoms. The van der Waals surface area contributed by atoms with Crippen LogP contribution < -0.4 is 11.1 Å². The quantitative estimate of drug-likeness (QED) is 0.793. The Morgan fingerprint density at radius 1 is 1.37 bits per heavy atom. The van der Waals surface area contributed by atoms with Crippen LogP contribution in [0, 0.1) is 0 Å². The lowest BCUT2D eigenvalue weighted by Crippen LogP contribution is -2.29. The van der Waals surface area contributed by atoms with Gasteiger partial charge in [0.2, 0.25) is 0 Å². The number of hydrogen-bond donors (Lipinski definition) is 2. The molecule has 1 aromatic heterocycles. The predicted octanol–water partition coefficient (Wildman–Crippen LogP) is 1.74. The number of nitrogens with two attached hydrogens (primary N) is 1. The summed E-state index contributed by atoms with van der Waals surface area (Å²) in [5.41, 5.74) is 5.99. The standard InChI is InChI=1S/C14H21N3O2/c15-13-7-6-11(10-17-13)14(18)16-8-9-19-12-4-2-1-3-5-12/h6-7,10,12H,1-5,8-9H2,(H2,15,17)(H,16,18). The monoisotopic (exact) mass is 263 g/mol. The number of hydrogen-bond acceptors (Lipinski definition) is 4. The molecular formula is C14H21N3O2. The number of rotatable bonds is 5. The second kappa shape index (κ2) is 7.09. The van der Waals surface area contributed by atoms with E-state index in [0.29, 0.717) is 30.6 Å². The minimum Gasteiger partial charge on any atom is -0.384 e. The summed E-state index contributed by atoms with van der Waals surface area (Å²) in [4.78, 5) is 15.6. The van der Waals surface area contributed by atoms with Crippen molar-refractivity contribution in [3.05, 3.63) is 23.9 Å². The van der Waals surface area contributed by atoms with E-state index in [4.69, 9.17) is 10.5 Å². The fraction of sp³-hybridized carbons (Fsp3) is 0.571. The number of nitrogen functional groups attached to an aromatic ring is 1. The van der Waals surface area contributed by atoms with Gasteiger partial charge in [-0.05, 0) is 25.0 Å². The molecule has 5 heteroatoms. The van der Waals surface area contributed by atoms with Crippen molar-refractivity contribution in [2.24, 2.45) is 0 Å². The summed E-state index contributed by atoms with van der Waals surface area (Å²) in [6.45, 7) is 1.10. The molecule has 0 aliphatic heterocycles. The lowest BCUT2D eigenvalue weighted by molar-refractivity contribution is 0.0299. The van der Waals surface area contributed by atoms with Crippen molar-refractivity contribution in [1.29, 1.82) is 0 Å². The number of carbonyl (C=O) groups excluding carboxylic acids is 1. The smallest absolute Gasteiger partial charge is 0.252 e. The van der Waals surface area contributed by atoms with Crippen molar-refractivity contribution in [2.75, 3.05) is 18.9 Å². The van der Waals surface area contributed by atoms with Gasteiger partial charge in [-0.3, -0.25) is 4.79 Å². The number of carbonyl (C=O) groups is 1. The Morgan fingerprint density at radius 2 is 2.16 bits per heavy atom. The Morgan fingerprint density at radius 3 is 2.84 bits per heavy atom. The van der Waals surface area contributed by atoms with Crippen LogP contribution in [0.2, 0.25) is 0 Å². The third kappa shape index (κ3) is 4.52.